The third kappa shape index (κ3) is 6.73. The molecule has 0 bridgehead atoms. The molecule has 8 heteroatoms. The van der Waals surface area contributed by atoms with E-state index < -0.39 is 11.7 Å². The van der Waals surface area contributed by atoms with Crippen molar-refractivity contribution in [1.29, 1.82) is 0 Å². The highest BCUT2D eigenvalue weighted by Gasteiger charge is 2.15. The maximum absolute atomic E-state index is 11.5. The molecule has 0 aliphatic rings. The fourth-order valence-corrected chi connectivity index (χ4v) is 1.51. The molecule has 0 radical (unpaired) electrons. The molecule has 1 aromatic rings. The number of carbonyl (C=O) groups excluding carboxylic acids is 2. The van der Waals surface area contributed by atoms with E-state index >= 15 is 0 Å². The molecule has 0 aliphatic heterocycles. The van der Waals surface area contributed by atoms with Crippen molar-refractivity contribution < 1.29 is 14.3 Å². The van der Waals surface area contributed by atoms with E-state index in [2.05, 4.69) is 20.9 Å². The molecular formula is C13H23N5O3. The first-order chi connectivity index (χ1) is 9.81. The molecular weight excluding hydrogens is 274 g/mol. The van der Waals surface area contributed by atoms with Crippen LogP contribution in [0.3, 0.4) is 0 Å². The lowest BCUT2D eigenvalue weighted by atomic mass is 10.2. The molecule has 0 aliphatic carbocycles. The number of nitrogens with one attached hydrogen (secondary N) is 2. The van der Waals surface area contributed by atoms with Crippen LogP contribution in [0.25, 0.3) is 0 Å². The third-order valence-electron chi connectivity index (χ3n) is 2.34. The van der Waals surface area contributed by atoms with Crippen LogP contribution in [0.4, 0.5) is 4.79 Å². The van der Waals surface area contributed by atoms with Crippen molar-refractivity contribution in [2.75, 3.05) is 13.1 Å². The fraction of sp³-hybridized carbons (Fsp3) is 0.692. The largest absolute Gasteiger partial charge is 0.444 e. The first kappa shape index (κ1) is 16.9. The molecule has 1 aromatic heterocycles. The predicted octanol–water partition coefficient (Wildman–Crippen LogP) is 0.943. The summed E-state index contributed by atoms with van der Waals surface area (Å²) in [5.41, 5.74) is -0.214. The molecule has 2 amide bonds. The number of carbonyl (C=O) groups is 2. The Bertz CT molecular complexity index is 478. The molecule has 21 heavy (non-hydrogen) atoms. The first-order valence-electron chi connectivity index (χ1n) is 6.97. The average Bonchev–Trinajstić information content (AvgIpc) is 2.81. The second-order valence-electron chi connectivity index (χ2n) is 5.51. The van der Waals surface area contributed by atoms with Crippen molar-refractivity contribution in [3.05, 3.63) is 11.9 Å². The summed E-state index contributed by atoms with van der Waals surface area (Å²) in [6.07, 6.45) is 1.81. The summed E-state index contributed by atoms with van der Waals surface area (Å²) < 4.78 is 6.69. The Balaban J connectivity index is 2.27. The summed E-state index contributed by atoms with van der Waals surface area (Å²) in [7, 11) is 0. The van der Waals surface area contributed by atoms with E-state index in [0.717, 1.165) is 0 Å². The number of ether oxygens (including phenoxy) is 1. The number of nitrogens with zero attached hydrogens (tertiary/aromatic N) is 3. The highest BCUT2D eigenvalue weighted by atomic mass is 16.6. The zero-order valence-electron chi connectivity index (χ0n) is 13.0. The lowest BCUT2D eigenvalue weighted by molar-refractivity contribution is 0.0526. The van der Waals surface area contributed by atoms with Crippen molar-refractivity contribution >= 4 is 12.0 Å². The van der Waals surface area contributed by atoms with E-state index in [1.807, 2.05) is 27.7 Å². The molecule has 0 aromatic carbocycles. The Morgan fingerprint density at radius 1 is 1.33 bits per heavy atom. The van der Waals surface area contributed by atoms with Crippen molar-refractivity contribution in [3.8, 4) is 0 Å². The molecule has 0 atom stereocenters. The molecule has 0 saturated heterocycles. The van der Waals surface area contributed by atoms with Crippen LogP contribution >= 0.6 is 0 Å². The van der Waals surface area contributed by atoms with Gasteiger partial charge >= 0.3 is 6.09 Å². The Labute approximate surface area is 124 Å². The molecule has 0 spiro atoms. The van der Waals surface area contributed by atoms with Gasteiger partial charge in [0.25, 0.3) is 5.91 Å². The van der Waals surface area contributed by atoms with Gasteiger partial charge in [-0.1, -0.05) is 5.21 Å². The first-order valence-corrected chi connectivity index (χ1v) is 6.97. The smallest absolute Gasteiger partial charge is 0.407 e. The Morgan fingerprint density at radius 3 is 2.67 bits per heavy atom. The van der Waals surface area contributed by atoms with Crippen LogP contribution in [0.1, 0.15) is 44.6 Å². The van der Waals surface area contributed by atoms with Gasteiger partial charge in [-0.15, -0.1) is 5.10 Å². The molecule has 2 N–H and O–H groups in total. The van der Waals surface area contributed by atoms with Crippen LogP contribution in [0, 0.1) is 0 Å². The number of aryl methyl sites for hydroxylation is 1. The highest BCUT2D eigenvalue weighted by molar-refractivity contribution is 5.91. The zero-order chi connectivity index (χ0) is 15.9. The molecule has 0 saturated carbocycles. The van der Waals surface area contributed by atoms with Gasteiger partial charge in [0.05, 0.1) is 6.20 Å². The summed E-state index contributed by atoms with van der Waals surface area (Å²) in [6.45, 7) is 8.84. The quantitative estimate of drug-likeness (QED) is 0.762. The summed E-state index contributed by atoms with van der Waals surface area (Å²) in [5, 5.41) is 13.0. The monoisotopic (exact) mass is 297 g/mol. The topological polar surface area (TPSA) is 98.1 Å². The van der Waals surface area contributed by atoms with Gasteiger partial charge in [0, 0.05) is 19.6 Å². The predicted molar refractivity (Wildman–Crippen MR) is 76.9 cm³/mol. The van der Waals surface area contributed by atoms with Crippen LogP contribution in [0.2, 0.25) is 0 Å². The number of amides is 2. The molecule has 0 fully saturated rings. The zero-order valence-corrected chi connectivity index (χ0v) is 13.0. The Hall–Kier alpha value is -2.12. The lowest BCUT2D eigenvalue weighted by Crippen LogP contribution is -2.33. The van der Waals surface area contributed by atoms with Gasteiger partial charge in [0.2, 0.25) is 0 Å². The normalized spacial score (nSPS) is 11.0. The minimum absolute atomic E-state index is 0.240. The second kappa shape index (κ2) is 7.61. The number of alkyl carbamates (subject to hydrolysis) is 1. The summed E-state index contributed by atoms with van der Waals surface area (Å²) in [6, 6.07) is 0. The molecule has 8 nitrogen and oxygen atoms in total. The van der Waals surface area contributed by atoms with Gasteiger partial charge in [0.15, 0.2) is 5.69 Å². The summed E-state index contributed by atoms with van der Waals surface area (Å²) in [5.74, 6) is -0.240. The average molecular weight is 297 g/mol. The maximum atomic E-state index is 11.5. The highest BCUT2D eigenvalue weighted by Crippen LogP contribution is 2.06. The standard InChI is InChI=1S/C13H23N5O3/c1-5-14-11(19)10-9-18(17-16-10)8-6-7-15-12(20)21-13(2,3)4/h9H,5-8H2,1-4H3,(H,14,19)(H,15,20). The number of aromatic nitrogens is 3. The van der Waals surface area contributed by atoms with Gasteiger partial charge in [0.1, 0.15) is 5.60 Å². The van der Waals surface area contributed by atoms with E-state index in [1.54, 1.807) is 10.9 Å². The van der Waals surface area contributed by atoms with Gasteiger partial charge in [-0.05, 0) is 34.1 Å². The van der Waals surface area contributed by atoms with Crippen molar-refractivity contribution in [2.24, 2.45) is 0 Å². The van der Waals surface area contributed by atoms with E-state index in [9.17, 15) is 9.59 Å². The van der Waals surface area contributed by atoms with E-state index in [1.165, 1.54) is 0 Å². The summed E-state index contributed by atoms with van der Waals surface area (Å²) in [4.78, 5) is 22.9. The van der Waals surface area contributed by atoms with E-state index in [0.29, 0.717) is 26.1 Å². The molecule has 118 valence electrons. The second-order valence-corrected chi connectivity index (χ2v) is 5.51. The van der Waals surface area contributed by atoms with Crippen molar-refractivity contribution in [1.82, 2.24) is 25.6 Å². The van der Waals surface area contributed by atoms with Crippen LogP contribution in [0.15, 0.2) is 6.20 Å². The van der Waals surface area contributed by atoms with E-state index in [4.69, 9.17) is 4.74 Å². The lowest BCUT2D eigenvalue weighted by Gasteiger charge is -2.19. The van der Waals surface area contributed by atoms with E-state index in [-0.39, 0.29) is 11.6 Å². The van der Waals surface area contributed by atoms with Gasteiger partial charge in [-0.3, -0.25) is 9.48 Å². The fourth-order valence-electron chi connectivity index (χ4n) is 1.51. The van der Waals surface area contributed by atoms with Crippen molar-refractivity contribution in [2.45, 2.75) is 46.3 Å². The molecule has 1 rings (SSSR count). The van der Waals surface area contributed by atoms with Crippen LogP contribution < -0.4 is 10.6 Å². The van der Waals surface area contributed by atoms with Crippen LogP contribution in [-0.4, -0.2) is 45.7 Å². The third-order valence-corrected chi connectivity index (χ3v) is 2.34. The number of hydrogen-bond acceptors (Lipinski definition) is 5. The maximum Gasteiger partial charge on any atom is 0.407 e. The minimum Gasteiger partial charge on any atom is -0.444 e. The van der Waals surface area contributed by atoms with Crippen molar-refractivity contribution in [3.63, 3.8) is 0 Å². The van der Waals surface area contributed by atoms with Gasteiger partial charge < -0.3 is 15.4 Å². The van der Waals surface area contributed by atoms with Crippen LogP contribution in [-0.2, 0) is 11.3 Å². The Kier molecular flexibility index (Phi) is 6.13. The van der Waals surface area contributed by atoms with Gasteiger partial charge in [-0.2, -0.15) is 0 Å². The molecule has 0 unspecified atom stereocenters. The summed E-state index contributed by atoms with van der Waals surface area (Å²) >= 11 is 0. The van der Waals surface area contributed by atoms with Gasteiger partial charge in [-0.25, -0.2) is 4.79 Å². The number of hydrogen-bond donors (Lipinski definition) is 2. The van der Waals surface area contributed by atoms with Crippen LogP contribution in [0.5, 0.6) is 0 Å². The minimum atomic E-state index is -0.502. The number of rotatable bonds is 6. The SMILES string of the molecule is CCNC(=O)c1cn(CCCNC(=O)OC(C)(C)C)nn1. The molecule has 1 heterocycles. The Morgan fingerprint density at radius 2 is 2.05 bits per heavy atom.